The molecule has 14 heavy (non-hydrogen) atoms. The first-order valence-electron chi connectivity index (χ1n) is 4.35. The SMILES string of the molecule is O=C1C=CNC(c2ccccc2)C1=O. The fourth-order valence-electron chi connectivity index (χ4n) is 1.41. The maximum atomic E-state index is 11.5. The van der Waals surface area contributed by atoms with Gasteiger partial charge < -0.3 is 5.32 Å². The molecule has 1 aliphatic rings. The van der Waals surface area contributed by atoms with E-state index in [9.17, 15) is 9.59 Å². The van der Waals surface area contributed by atoms with Crippen molar-refractivity contribution in [3.63, 3.8) is 0 Å². The number of carbonyl (C=O) groups excluding carboxylic acids is 2. The Hall–Kier alpha value is -1.90. The van der Waals surface area contributed by atoms with Gasteiger partial charge in [-0.15, -0.1) is 0 Å². The maximum Gasteiger partial charge on any atom is 0.229 e. The second-order valence-electron chi connectivity index (χ2n) is 3.07. The molecular weight excluding hydrogens is 178 g/mol. The average molecular weight is 187 g/mol. The van der Waals surface area contributed by atoms with E-state index in [4.69, 9.17) is 0 Å². The fraction of sp³-hybridized carbons (Fsp3) is 0.0909. The third-order valence-electron chi connectivity index (χ3n) is 2.14. The number of ketones is 2. The molecule has 1 atom stereocenters. The lowest BCUT2D eigenvalue weighted by Gasteiger charge is -2.17. The van der Waals surface area contributed by atoms with Gasteiger partial charge in [-0.2, -0.15) is 0 Å². The highest BCUT2D eigenvalue weighted by Crippen LogP contribution is 2.16. The van der Waals surface area contributed by atoms with Crippen LogP contribution in [0.3, 0.4) is 0 Å². The van der Waals surface area contributed by atoms with Gasteiger partial charge in [0.1, 0.15) is 6.04 Å². The van der Waals surface area contributed by atoms with Crippen LogP contribution in [-0.4, -0.2) is 11.6 Å². The Morgan fingerprint density at radius 3 is 2.50 bits per heavy atom. The molecular formula is C11H9NO2. The van der Waals surface area contributed by atoms with E-state index in [0.717, 1.165) is 5.56 Å². The van der Waals surface area contributed by atoms with Crippen molar-refractivity contribution in [1.82, 2.24) is 5.32 Å². The standard InChI is InChI=1S/C11H9NO2/c13-9-6-7-12-10(11(9)14)8-4-2-1-3-5-8/h1-7,10,12H. The Morgan fingerprint density at radius 1 is 1.07 bits per heavy atom. The van der Waals surface area contributed by atoms with Crippen LogP contribution in [0, 0.1) is 0 Å². The van der Waals surface area contributed by atoms with E-state index in [0.29, 0.717) is 0 Å². The molecule has 0 saturated heterocycles. The summed E-state index contributed by atoms with van der Waals surface area (Å²) in [5, 5.41) is 2.86. The number of carbonyl (C=O) groups is 2. The van der Waals surface area contributed by atoms with Crippen molar-refractivity contribution in [2.45, 2.75) is 6.04 Å². The van der Waals surface area contributed by atoms with Gasteiger partial charge in [0.2, 0.25) is 11.6 Å². The van der Waals surface area contributed by atoms with E-state index in [2.05, 4.69) is 5.32 Å². The van der Waals surface area contributed by atoms with Gasteiger partial charge in [-0.25, -0.2) is 0 Å². The van der Waals surface area contributed by atoms with Crippen LogP contribution in [0.5, 0.6) is 0 Å². The molecule has 0 saturated carbocycles. The van der Waals surface area contributed by atoms with Gasteiger partial charge in [0.05, 0.1) is 0 Å². The molecule has 0 aromatic heterocycles. The summed E-state index contributed by atoms with van der Waals surface area (Å²) in [4.78, 5) is 22.6. The Labute approximate surface area is 81.4 Å². The van der Waals surface area contributed by atoms with Gasteiger partial charge in [-0.1, -0.05) is 30.3 Å². The first kappa shape index (κ1) is 8.69. The van der Waals surface area contributed by atoms with Gasteiger partial charge in [0.25, 0.3) is 0 Å². The van der Waals surface area contributed by atoms with Gasteiger partial charge in [0.15, 0.2) is 0 Å². The fourth-order valence-corrected chi connectivity index (χ4v) is 1.41. The number of benzene rings is 1. The van der Waals surface area contributed by atoms with E-state index in [1.165, 1.54) is 12.3 Å². The molecule has 70 valence electrons. The lowest BCUT2D eigenvalue weighted by atomic mass is 9.98. The summed E-state index contributed by atoms with van der Waals surface area (Å²) in [6.45, 7) is 0. The highest BCUT2D eigenvalue weighted by Gasteiger charge is 2.26. The van der Waals surface area contributed by atoms with Crippen molar-refractivity contribution in [1.29, 1.82) is 0 Å². The zero-order valence-electron chi connectivity index (χ0n) is 7.44. The zero-order chi connectivity index (χ0) is 9.97. The summed E-state index contributed by atoms with van der Waals surface area (Å²) in [6.07, 6.45) is 2.77. The topological polar surface area (TPSA) is 46.2 Å². The molecule has 0 fully saturated rings. The first-order valence-corrected chi connectivity index (χ1v) is 4.35. The van der Waals surface area contributed by atoms with E-state index in [1.54, 1.807) is 0 Å². The van der Waals surface area contributed by atoms with Crippen molar-refractivity contribution in [2.24, 2.45) is 0 Å². The van der Waals surface area contributed by atoms with Crippen molar-refractivity contribution in [3.8, 4) is 0 Å². The van der Waals surface area contributed by atoms with Crippen LogP contribution in [0.1, 0.15) is 11.6 Å². The molecule has 1 N–H and O–H groups in total. The predicted molar refractivity (Wildman–Crippen MR) is 51.5 cm³/mol. The summed E-state index contributed by atoms with van der Waals surface area (Å²) >= 11 is 0. The van der Waals surface area contributed by atoms with Crippen LogP contribution in [0.4, 0.5) is 0 Å². The summed E-state index contributed by atoms with van der Waals surface area (Å²) in [6, 6.07) is 8.67. The molecule has 0 aliphatic carbocycles. The molecule has 1 aromatic carbocycles. The Balaban J connectivity index is 2.33. The lowest BCUT2D eigenvalue weighted by molar-refractivity contribution is -0.135. The smallest absolute Gasteiger partial charge is 0.229 e. The third kappa shape index (κ3) is 1.44. The van der Waals surface area contributed by atoms with Gasteiger partial charge in [-0.3, -0.25) is 9.59 Å². The minimum absolute atomic E-state index is 0.404. The van der Waals surface area contributed by atoms with E-state index in [-0.39, 0.29) is 0 Å². The van der Waals surface area contributed by atoms with E-state index in [1.807, 2.05) is 30.3 Å². The molecule has 1 unspecified atom stereocenters. The predicted octanol–water partition coefficient (Wildman–Crippen LogP) is 0.983. The van der Waals surface area contributed by atoms with Crippen LogP contribution < -0.4 is 5.32 Å². The molecule has 2 rings (SSSR count). The Kier molecular flexibility index (Phi) is 2.14. The van der Waals surface area contributed by atoms with Gasteiger partial charge in [-0.05, 0) is 5.56 Å². The number of rotatable bonds is 1. The second-order valence-corrected chi connectivity index (χ2v) is 3.07. The number of hydrogen-bond acceptors (Lipinski definition) is 3. The summed E-state index contributed by atoms with van der Waals surface area (Å²) in [7, 11) is 0. The Bertz CT molecular complexity index is 395. The van der Waals surface area contributed by atoms with Crippen molar-refractivity contribution >= 4 is 11.6 Å². The molecule has 0 bridgehead atoms. The summed E-state index contributed by atoms with van der Waals surface area (Å²) in [5.74, 6) is -0.851. The number of hydrogen-bond donors (Lipinski definition) is 1. The molecule has 3 heteroatoms. The van der Waals surface area contributed by atoms with Crippen LogP contribution in [0.15, 0.2) is 42.6 Å². The van der Waals surface area contributed by atoms with Crippen molar-refractivity contribution in [3.05, 3.63) is 48.2 Å². The Morgan fingerprint density at radius 2 is 1.79 bits per heavy atom. The highest BCUT2D eigenvalue weighted by molar-refractivity contribution is 6.43. The van der Waals surface area contributed by atoms with E-state index < -0.39 is 17.6 Å². The molecule has 1 heterocycles. The first-order chi connectivity index (χ1) is 6.79. The quantitative estimate of drug-likeness (QED) is 0.667. The van der Waals surface area contributed by atoms with Crippen LogP contribution >= 0.6 is 0 Å². The minimum atomic E-state index is -0.520. The highest BCUT2D eigenvalue weighted by atomic mass is 16.2. The number of nitrogens with one attached hydrogen (secondary N) is 1. The largest absolute Gasteiger partial charge is 0.377 e. The molecule has 1 aliphatic heterocycles. The zero-order valence-corrected chi connectivity index (χ0v) is 7.44. The van der Waals surface area contributed by atoms with Gasteiger partial charge in [0, 0.05) is 12.3 Å². The monoisotopic (exact) mass is 187 g/mol. The summed E-state index contributed by atoms with van der Waals surface area (Å²) < 4.78 is 0. The van der Waals surface area contributed by atoms with E-state index >= 15 is 0 Å². The summed E-state index contributed by atoms with van der Waals surface area (Å²) in [5.41, 5.74) is 0.815. The second kappa shape index (κ2) is 3.46. The normalized spacial score (nSPS) is 20.7. The number of allylic oxidation sites excluding steroid dienone is 1. The molecule has 0 radical (unpaired) electrons. The van der Waals surface area contributed by atoms with Crippen molar-refractivity contribution < 1.29 is 9.59 Å². The molecule has 0 spiro atoms. The number of Topliss-reactive ketones (excluding diaryl/α,β-unsaturated/α-hetero) is 1. The van der Waals surface area contributed by atoms with Crippen LogP contribution in [-0.2, 0) is 9.59 Å². The van der Waals surface area contributed by atoms with Crippen LogP contribution in [0.2, 0.25) is 0 Å². The molecule has 0 amide bonds. The van der Waals surface area contributed by atoms with Crippen LogP contribution in [0.25, 0.3) is 0 Å². The molecule has 3 nitrogen and oxygen atoms in total. The average Bonchev–Trinajstić information content (AvgIpc) is 2.23. The maximum absolute atomic E-state index is 11.5. The third-order valence-corrected chi connectivity index (χ3v) is 2.14. The van der Waals surface area contributed by atoms with Gasteiger partial charge >= 0.3 is 0 Å². The lowest BCUT2D eigenvalue weighted by Crippen LogP contribution is -2.33. The minimum Gasteiger partial charge on any atom is -0.377 e. The van der Waals surface area contributed by atoms with Crippen molar-refractivity contribution in [2.75, 3.05) is 0 Å². The molecule has 1 aromatic rings.